The lowest BCUT2D eigenvalue weighted by Crippen LogP contribution is -2.24. The number of rotatable bonds is 1. The summed E-state index contributed by atoms with van der Waals surface area (Å²) in [5.74, 6) is 0.692. The van der Waals surface area contributed by atoms with Crippen LogP contribution in [-0.4, -0.2) is 11.9 Å². The van der Waals surface area contributed by atoms with Crippen molar-refractivity contribution in [2.45, 2.75) is 39.7 Å². The number of ether oxygens (including phenoxy) is 1. The van der Waals surface area contributed by atoms with Crippen LogP contribution in [-0.2, 0) is 6.42 Å². The van der Waals surface area contributed by atoms with Gasteiger partial charge in [0, 0.05) is 17.5 Å². The minimum atomic E-state index is -0.231. The molecule has 0 radical (unpaired) electrons. The predicted molar refractivity (Wildman–Crippen MR) is 64.7 cm³/mol. The molecule has 16 heavy (non-hydrogen) atoms. The summed E-state index contributed by atoms with van der Waals surface area (Å²) in [6.45, 7) is 8.00. The molecule has 0 bridgehead atoms. The van der Waals surface area contributed by atoms with E-state index in [0.717, 1.165) is 29.4 Å². The highest BCUT2D eigenvalue weighted by Gasteiger charge is 2.34. The molecule has 0 aliphatic carbocycles. The lowest BCUT2D eigenvalue weighted by atomic mass is 9.93. The number of benzene rings is 1. The second kappa shape index (κ2) is 3.49. The molecule has 0 saturated carbocycles. The summed E-state index contributed by atoms with van der Waals surface area (Å²) in [6, 6.07) is 0. The zero-order valence-electron chi connectivity index (χ0n) is 9.98. The average molecular weight is 239 g/mol. The van der Waals surface area contributed by atoms with Gasteiger partial charge in [0.1, 0.15) is 11.4 Å². The number of fused-ring (bicyclic) bond motifs is 1. The van der Waals surface area contributed by atoms with Crippen LogP contribution in [0.3, 0.4) is 0 Å². The zero-order chi connectivity index (χ0) is 12.1. The number of hydrogen-bond acceptors (Lipinski definition) is 2. The van der Waals surface area contributed by atoms with Crippen molar-refractivity contribution in [2.75, 3.05) is 0 Å². The van der Waals surface area contributed by atoms with Crippen molar-refractivity contribution in [3.63, 3.8) is 0 Å². The Hall–Kier alpha value is -1.02. The van der Waals surface area contributed by atoms with Crippen LogP contribution in [0.1, 0.15) is 40.9 Å². The highest BCUT2D eigenvalue weighted by atomic mass is 35.5. The SMILES string of the molecule is Cc1c(C)c2c(c(Cl)c1C=O)OC(C)(C)C2. The molecular formula is C13H15ClO2. The Kier molecular flexibility index (Phi) is 2.50. The Morgan fingerprint density at radius 2 is 1.94 bits per heavy atom. The van der Waals surface area contributed by atoms with E-state index < -0.39 is 0 Å². The Bertz CT molecular complexity index is 476. The molecule has 0 amide bonds. The topological polar surface area (TPSA) is 26.3 Å². The van der Waals surface area contributed by atoms with Crippen molar-refractivity contribution in [1.29, 1.82) is 0 Å². The van der Waals surface area contributed by atoms with Gasteiger partial charge in [0.05, 0.1) is 5.02 Å². The van der Waals surface area contributed by atoms with E-state index in [-0.39, 0.29) is 5.60 Å². The lowest BCUT2D eigenvalue weighted by Gasteiger charge is -2.17. The largest absolute Gasteiger partial charge is 0.486 e. The molecule has 86 valence electrons. The van der Waals surface area contributed by atoms with Crippen LogP contribution < -0.4 is 4.74 Å². The summed E-state index contributed by atoms with van der Waals surface area (Å²) in [5.41, 5.74) is 3.53. The van der Waals surface area contributed by atoms with Crippen LogP contribution in [0.5, 0.6) is 5.75 Å². The van der Waals surface area contributed by atoms with Gasteiger partial charge in [-0.05, 0) is 38.8 Å². The summed E-state index contributed by atoms with van der Waals surface area (Å²) < 4.78 is 5.81. The van der Waals surface area contributed by atoms with Gasteiger partial charge in [0.25, 0.3) is 0 Å². The molecule has 0 aromatic heterocycles. The molecule has 2 nitrogen and oxygen atoms in total. The molecule has 0 spiro atoms. The third-order valence-corrected chi connectivity index (χ3v) is 3.60. The Labute approximate surface area is 101 Å². The summed E-state index contributed by atoms with van der Waals surface area (Å²) in [7, 11) is 0. The fourth-order valence-electron chi connectivity index (χ4n) is 2.22. The number of carbonyl (C=O) groups excluding carboxylic acids is 1. The Balaban J connectivity index is 2.73. The van der Waals surface area contributed by atoms with Gasteiger partial charge in [-0.25, -0.2) is 0 Å². The first-order chi connectivity index (χ1) is 7.37. The van der Waals surface area contributed by atoms with Gasteiger partial charge in [-0.3, -0.25) is 4.79 Å². The van der Waals surface area contributed by atoms with Crippen molar-refractivity contribution in [1.82, 2.24) is 0 Å². The molecule has 1 aromatic carbocycles. The number of hydrogen-bond donors (Lipinski definition) is 0. The maximum atomic E-state index is 11.0. The fraction of sp³-hybridized carbons (Fsp3) is 0.462. The van der Waals surface area contributed by atoms with Crippen molar-refractivity contribution in [3.8, 4) is 5.75 Å². The van der Waals surface area contributed by atoms with E-state index in [9.17, 15) is 4.79 Å². The van der Waals surface area contributed by atoms with Gasteiger partial charge < -0.3 is 4.74 Å². The van der Waals surface area contributed by atoms with Gasteiger partial charge >= 0.3 is 0 Å². The standard InChI is InChI=1S/C13H15ClO2/c1-7-8(2)10(6-15)11(14)12-9(7)5-13(3,4)16-12/h6H,5H2,1-4H3. The molecule has 1 aliphatic heterocycles. The monoisotopic (exact) mass is 238 g/mol. The third kappa shape index (κ3) is 1.52. The van der Waals surface area contributed by atoms with Crippen LogP contribution in [0.2, 0.25) is 5.02 Å². The van der Waals surface area contributed by atoms with E-state index in [1.165, 1.54) is 0 Å². The molecule has 0 unspecified atom stereocenters. The second-order valence-corrected chi connectivity index (χ2v) is 5.32. The van der Waals surface area contributed by atoms with Crippen LogP contribution in [0.15, 0.2) is 0 Å². The molecule has 0 atom stereocenters. The smallest absolute Gasteiger partial charge is 0.151 e. The molecule has 2 rings (SSSR count). The van der Waals surface area contributed by atoms with Crippen LogP contribution in [0.25, 0.3) is 0 Å². The van der Waals surface area contributed by atoms with Crippen molar-refractivity contribution in [3.05, 3.63) is 27.3 Å². The van der Waals surface area contributed by atoms with Crippen molar-refractivity contribution in [2.24, 2.45) is 0 Å². The van der Waals surface area contributed by atoms with Crippen LogP contribution in [0, 0.1) is 13.8 Å². The maximum Gasteiger partial charge on any atom is 0.151 e. The molecule has 0 N–H and O–H groups in total. The Morgan fingerprint density at radius 1 is 1.31 bits per heavy atom. The average Bonchev–Trinajstić information content (AvgIpc) is 2.52. The Morgan fingerprint density at radius 3 is 2.50 bits per heavy atom. The number of aldehydes is 1. The number of carbonyl (C=O) groups is 1. The molecule has 0 fully saturated rings. The third-order valence-electron chi connectivity index (χ3n) is 3.23. The quantitative estimate of drug-likeness (QED) is 0.701. The van der Waals surface area contributed by atoms with E-state index in [4.69, 9.17) is 16.3 Å². The first kappa shape index (κ1) is 11.5. The van der Waals surface area contributed by atoms with Crippen molar-refractivity contribution >= 4 is 17.9 Å². The normalized spacial score (nSPS) is 16.8. The zero-order valence-corrected chi connectivity index (χ0v) is 10.7. The number of halogens is 1. The van der Waals surface area contributed by atoms with Crippen LogP contribution in [0.4, 0.5) is 0 Å². The minimum absolute atomic E-state index is 0.231. The van der Waals surface area contributed by atoms with E-state index >= 15 is 0 Å². The summed E-state index contributed by atoms with van der Waals surface area (Å²) in [5, 5.41) is 0.457. The summed E-state index contributed by atoms with van der Waals surface area (Å²) in [6.07, 6.45) is 1.65. The molecule has 0 saturated heterocycles. The van der Waals surface area contributed by atoms with E-state index in [0.29, 0.717) is 16.3 Å². The fourth-order valence-corrected chi connectivity index (χ4v) is 2.55. The predicted octanol–water partition coefficient (Wildman–Crippen LogP) is 3.48. The van der Waals surface area contributed by atoms with Crippen molar-refractivity contribution < 1.29 is 9.53 Å². The second-order valence-electron chi connectivity index (χ2n) is 4.94. The van der Waals surface area contributed by atoms with E-state index in [1.807, 2.05) is 27.7 Å². The lowest BCUT2D eigenvalue weighted by molar-refractivity contribution is 0.112. The molecule has 1 aliphatic rings. The van der Waals surface area contributed by atoms with Gasteiger partial charge in [-0.1, -0.05) is 11.6 Å². The van der Waals surface area contributed by atoms with E-state index in [1.54, 1.807) is 0 Å². The first-order valence-corrected chi connectivity index (χ1v) is 5.71. The first-order valence-electron chi connectivity index (χ1n) is 5.33. The molecule has 3 heteroatoms. The van der Waals surface area contributed by atoms with Gasteiger partial charge in [0.15, 0.2) is 6.29 Å². The molecular weight excluding hydrogens is 224 g/mol. The van der Waals surface area contributed by atoms with Gasteiger partial charge in [-0.15, -0.1) is 0 Å². The van der Waals surface area contributed by atoms with E-state index in [2.05, 4.69) is 0 Å². The molecule has 1 heterocycles. The minimum Gasteiger partial charge on any atom is -0.486 e. The van der Waals surface area contributed by atoms with Crippen LogP contribution >= 0.6 is 11.6 Å². The highest BCUT2D eigenvalue weighted by molar-refractivity contribution is 6.34. The summed E-state index contributed by atoms with van der Waals surface area (Å²) in [4.78, 5) is 11.0. The maximum absolute atomic E-state index is 11.0. The summed E-state index contributed by atoms with van der Waals surface area (Å²) >= 11 is 6.20. The van der Waals surface area contributed by atoms with Gasteiger partial charge in [0.2, 0.25) is 0 Å². The molecule has 1 aromatic rings. The van der Waals surface area contributed by atoms with Gasteiger partial charge in [-0.2, -0.15) is 0 Å². The highest BCUT2D eigenvalue weighted by Crippen LogP contribution is 2.44.